The minimum atomic E-state index is -0.180. The van der Waals surface area contributed by atoms with Gasteiger partial charge in [0.1, 0.15) is 18.1 Å². The van der Waals surface area contributed by atoms with E-state index in [2.05, 4.69) is 0 Å². The Kier molecular flexibility index (Phi) is 4.74. The Morgan fingerprint density at radius 3 is 2.71 bits per heavy atom. The van der Waals surface area contributed by atoms with E-state index >= 15 is 0 Å². The number of fused-ring (bicyclic) bond motifs is 1. The molecule has 3 rings (SSSR count). The van der Waals surface area contributed by atoms with E-state index < -0.39 is 0 Å². The van der Waals surface area contributed by atoms with E-state index in [1.165, 1.54) is 5.56 Å². The fourth-order valence-corrected chi connectivity index (χ4v) is 2.96. The summed E-state index contributed by atoms with van der Waals surface area (Å²) in [6.07, 6.45) is 0.672. The summed E-state index contributed by atoms with van der Waals surface area (Å²) in [6, 6.07) is 13.8. The molecule has 4 nitrogen and oxygen atoms in total. The molecule has 2 aromatic rings. The van der Waals surface area contributed by atoms with Crippen LogP contribution in [0.5, 0.6) is 11.5 Å². The Hall–Kier alpha value is -2.49. The maximum atomic E-state index is 12.8. The Morgan fingerprint density at radius 2 is 2.00 bits per heavy atom. The molecule has 0 saturated carbocycles. The van der Waals surface area contributed by atoms with Gasteiger partial charge in [0.2, 0.25) is 5.91 Å². The van der Waals surface area contributed by atoms with Crippen LogP contribution in [0.15, 0.2) is 42.5 Å². The smallest absolute Gasteiger partial charge is 0.233 e. The summed E-state index contributed by atoms with van der Waals surface area (Å²) in [5.74, 6) is 1.56. The van der Waals surface area contributed by atoms with Gasteiger partial charge in [0, 0.05) is 12.7 Å². The van der Waals surface area contributed by atoms with Crippen molar-refractivity contribution in [1.29, 1.82) is 0 Å². The Bertz CT molecular complexity index is 724. The highest BCUT2D eigenvalue weighted by molar-refractivity contribution is 5.95. The van der Waals surface area contributed by atoms with Crippen molar-refractivity contribution in [3.63, 3.8) is 0 Å². The largest absolute Gasteiger partial charge is 0.494 e. The van der Waals surface area contributed by atoms with E-state index in [0.717, 1.165) is 22.7 Å². The summed E-state index contributed by atoms with van der Waals surface area (Å²) in [7, 11) is 1.82. The standard InChI is InChI=1S/C20H23NO3/c1-4-23-18-9-10-19-15(12-18)11-16(13-24-19)20(22)21(3)17-7-5-14(2)6-8-17/h5-10,12,16H,4,11,13H2,1-3H3. The van der Waals surface area contributed by atoms with E-state index in [-0.39, 0.29) is 11.8 Å². The second-order valence-corrected chi connectivity index (χ2v) is 6.15. The first kappa shape index (κ1) is 16.4. The quantitative estimate of drug-likeness (QED) is 0.862. The lowest BCUT2D eigenvalue weighted by atomic mass is 9.95. The zero-order chi connectivity index (χ0) is 17.1. The van der Waals surface area contributed by atoms with E-state index in [4.69, 9.17) is 9.47 Å². The van der Waals surface area contributed by atoms with Crippen LogP contribution in [0.4, 0.5) is 5.69 Å². The van der Waals surface area contributed by atoms with Gasteiger partial charge in [-0.25, -0.2) is 0 Å². The van der Waals surface area contributed by atoms with E-state index in [0.29, 0.717) is 19.6 Å². The van der Waals surface area contributed by atoms with Crippen molar-refractivity contribution in [2.75, 3.05) is 25.2 Å². The van der Waals surface area contributed by atoms with Crippen LogP contribution < -0.4 is 14.4 Å². The van der Waals surface area contributed by atoms with Crippen LogP contribution in [0.25, 0.3) is 0 Å². The van der Waals surface area contributed by atoms with Gasteiger partial charge in [-0.15, -0.1) is 0 Å². The van der Waals surface area contributed by atoms with Crippen LogP contribution >= 0.6 is 0 Å². The summed E-state index contributed by atoms with van der Waals surface area (Å²) in [5, 5.41) is 0. The Morgan fingerprint density at radius 1 is 1.25 bits per heavy atom. The molecule has 1 atom stereocenters. The molecule has 4 heteroatoms. The number of hydrogen-bond donors (Lipinski definition) is 0. The molecule has 24 heavy (non-hydrogen) atoms. The molecule has 0 N–H and O–H groups in total. The van der Waals surface area contributed by atoms with Crippen molar-refractivity contribution in [2.24, 2.45) is 5.92 Å². The lowest BCUT2D eigenvalue weighted by Gasteiger charge is -2.28. The molecular formula is C20H23NO3. The minimum Gasteiger partial charge on any atom is -0.494 e. The van der Waals surface area contributed by atoms with E-state index in [9.17, 15) is 4.79 Å². The molecule has 1 aliphatic rings. The lowest BCUT2D eigenvalue weighted by Crippen LogP contribution is -2.38. The first-order valence-electron chi connectivity index (χ1n) is 8.31. The van der Waals surface area contributed by atoms with Gasteiger partial charge < -0.3 is 14.4 Å². The zero-order valence-electron chi connectivity index (χ0n) is 14.4. The van der Waals surface area contributed by atoms with Gasteiger partial charge in [0.15, 0.2) is 0 Å². The molecule has 1 unspecified atom stereocenters. The number of benzene rings is 2. The molecule has 0 aliphatic carbocycles. The zero-order valence-corrected chi connectivity index (χ0v) is 14.4. The van der Waals surface area contributed by atoms with Crippen LogP contribution in [-0.4, -0.2) is 26.2 Å². The van der Waals surface area contributed by atoms with Crippen molar-refractivity contribution in [3.05, 3.63) is 53.6 Å². The minimum absolute atomic E-state index is 0.0753. The predicted octanol–water partition coefficient (Wildman–Crippen LogP) is 3.61. The average molecular weight is 325 g/mol. The highest BCUT2D eigenvalue weighted by atomic mass is 16.5. The molecule has 1 amide bonds. The molecule has 0 bridgehead atoms. The van der Waals surface area contributed by atoms with Crippen molar-refractivity contribution in [1.82, 2.24) is 0 Å². The molecule has 1 aliphatic heterocycles. The number of nitrogens with zero attached hydrogens (tertiary/aromatic N) is 1. The maximum Gasteiger partial charge on any atom is 0.233 e. The van der Waals surface area contributed by atoms with Crippen LogP contribution in [-0.2, 0) is 11.2 Å². The SMILES string of the molecule is CCOc1ccc2c(c1)CC(C(=O)N(C)c1ccc(C)cc1)CO2. The highest BCUT2D eigenvalue weighted by Crippen LogP contribution is 2.32. The number of hydrogen-bond acceptors (Lipinski definition) is 3. The van der Waals surface area contributed by atoms with Crippen molar-refractivity contribution in [3.8, 4) is 11.5 Å². The molecule has 0 saturated heterocycles. The van der Waals surface area contributed by atoms with Crippen molar-refractivity contribution >= 4 is 11.6 Å². The Balaban J connectivity index is 1.75. The first-order valence-corrected chi connectivity index (χ1v) is 8.31. The van der Waals surface area contributed by atoms with Crippen LogP contribution in [0.3, 0.4) is 0 Å². The number of carbonyl (C=O) groups is 1. The summed E-state index contributed by atoms with van der Waals surface area (Å²) in [4.78, 5) is 14.5. The number of carbonyl (C=O) groups excluding carboxylic acids is 1. The lowest BCUT2D eigenvalue weighted by molar-refractivity contribution is -0.123. The van der Waals surface area contributed by atoms with Gasteiger partial charge in [0.05, 0.1) is 12.5 Å². The van der Waals surface area contributed by atoms with Crippen LogP contribution in [0.1, 0.15) is 18.1 Å². The summed E-state index contributed by atoms with van der Waals surface area (Å²) in [6.45, 7) is 5.03. The van der Waals surface area contributed by atoms with E-state index in [1.54, 1.807) is 4.90 Å². The summed E-state index contributed by atoms with van der Waals surface area (Å²) in [5.41, 5.74) is 3.11. The average Bonchev–Trinajstić information content (AvgIpc) is 2.61. The monoisotopic (exact) mass is 325 g/mol. The molecular weight excluding hydrogens is 302 g/mol. The van der Waals surface area contributed by atoms with Gasteiger partial charge in [-0.3, -0.25) is 4.79 Å². The second-order valence-electron chi connectivity index (χ2n) is 6.15. The van der Waals surface area contributed by atoms with Crippen LogP contribution in [0.2, 0.25) is 0 Å². The normalized spacial score (nSPS) is 16.0. The molecule has 0 spiro atoms. The molecule has 0 radical (unpaired) electrons. The van der Waals surface area contributed by atoms with Crippen LogP contribution in [0, 0.1) is 12.8 Å². The molecule has 0 fully saturated rings. The fourth-order valence-electron chi connectivity index (χ4n) is 2.96. The number of ether oxygens (including phenoxy) is 2. The molecule has 2 aromatic carbocycles. The number of anilines is 1. The molecule has 126 valence electrons. The third-order valence-corrected chi connectivity index (χ3v) is 4.35. The number of rotatable bonds is 4. The van der Waals surface area contributed by atoms with Crippen molar-refractivity contribution < 1.29 is 14.3 Å². The van der Waals surface area contributed by atoms with Gasteiger partial charge in [-0.05, 0) is 56.2 Å². The van der Waals surface area contributed by atoms with Gasteiger partial charge >= 0.3 is 0 Å². The summed E-state index contributed by atoms with van der Waals surface area (Å²) >= 11 is 0. The fraction of sp³-hybridized carbons (Fsp3) is 0.350. The van der Waals surface area contributed by atoms with Crippen molar-refractivity contribution in [2.45, 2.75) is 20.3 Å². The summed E-state index contributed by atoms with van der Waals surface area (Å²) < 4.78 is 11.3. The predicted molar refractivity (Wildman–Crippen MR) is 94.9 cm³/mol. The topological polar surface area (TPSA) is 38.8 Å². The first-order chi connectivity index (χ1) is 11.6. The number of amides is 1. The maximum absolute atomic E-state index is 12.8. The third-order valence-electron chi connectivity index (χ3n) is 4.35. The number of aryl methyl sites for hydroxylation is 1. The molecule has 0 aromatic heterocycles. The highest BCUT2D eigenvalue weighted by Gasteiger charge is 2.29. The third kappa shape index (κ3) is 3.37. The van der Waals surface area contributed by atoms with Gasteiger partial charge in [0.25, 0.3) is 0 Å². The second kappa shape index (κ2) is 6.95. The van der Waals surface area contributed by atoms with Gasteiger partial charge in [-0.1, -0.05) is 17.7 Å². The van der Waals surface area contributed by atoms with Gasteiger partial charge in [-0.2, -0.15) is 0 Å². The van der Waals surface area contributed by atoms with E-state index in [1.807, 2.05) is 63.4 Å². The molecule has 1 heterocycles. The Labute approximate surface area is 143 Å².